The third-order valence-corrected chi connectivity index (χ3v) is 4.64. The van der Waals surface area contributed by atoms with Crippen LogP contribution in [0.5, 0.6) is 0 Å². The van der Waals surface area contributed by atoms with E-state index in [0.29, 0.717) is 18.7 Å². The third-order valence-electron chi connectivity index (χ3n) is 4.64. The van der Waals surface area contributed by atoms with Crippen molar-refractivity contribution in [2.24, 2.45) is 0 Å². The molecule has 0 spiro atoms. The van der Waals surface area contributed by atoms with E-state index in [9.17, 15) is 4.79 Å². The van der Waals surface area contributed by atoms with Gasteiger partial charge >= 0.3 is 0 Å². The maximum atomic E-state index is 12.1. The van der Waals surface area contributed by atoms with Gasteiger partial charge < -0.3 is 15.4 Å². The number of nitrogens with one attached hydrogen (secondary N) is 2. The van der Waals surface area contributed by atoms with Gasteiger partial charge in [-0.05, 0) is 33.6 Å². The molecule has 2 aliphatic heterocycles. The van der Waals surface area contributed by atoms with Gasteiger partial charge in [-0.25, -0.2) is 0 Å². The minimum atomic E-state index is -0.208. The minimum Gasteiger partial charge on any atom is -0.375 e. The van der Waals surface area contributed by atoms with Crippen molar-refractivity contribution in [1.29, 1.82) is 0 Å². The first-order chi connectivity index (χ1) is 9.59. The van der Waals surface area contributed by atoms with Crippen LogP contribution in [0.2, 0.25) is 0 Å². The first-order valence-corrected chi connectivity index (χ1v) is 7.98. The summed E-state index contributed by atoms with van der Waals surface area (Å²) in [5.41, 5.74) is 0. The maximum absolute atomic E-state index is 12.1. The van der Waals surface area contributed by atoms with Crippen molar-refractivity contribution in [2.75, 3.05) is 26.2 Å². The van der Waals surface area contributed by atoms with E-state index < -0.39 is 0 Å². The summed E-state index contributed by atoms with van der Waals surface area (Å²) in [5, 5.41) is 6.27. The number of hydrogen-bond acceptors (Lipinski definition) is 4. The van der Waals surface area contributed by atoms with Crippen LogP contribution in [-0.4, -0.2) is 61.3 Å². The molecule has 2 saturated heterocycles. The molecule has 0 aliphatic carbocycles. The van der Waals surface area contributed by atoms with Crippen LogP contribution in [0.3, 0.4) is 0 Å². The molecule has 2 rings (SSSR count). The molecular formula is C15H31Cl2N3O2. The maximum Gasteiger partial charge on any atom is 0.239 e. The Morgan fingerprint density at radius 1 is 1.23 bits per heavy atom. The first-order valence-electron chi connectivity index (χ1n) is 7.98. The van der Waals surface area contributed by atoms with Crippen molar-refractivity contribution >= 4 is 30.7 Å². The summed E-state index contributed by atoms with van der Waals surface area (Å²) in [4.78, 5) is 14.7. The van der Waals surface area contributed by atoms with Crippen molar-refractivity contribution in [3.05, 3.63) is 0 Å². The van der Waals surface area contributed by atoms with Gasteiger partial charge in [0.15, 0.2) is 0 Å². The van der Waals surface area contributed by atoms with Crippen LogP contribution in [0.25, 0.3) is 0 Å². The normalized spacial score (nSPS) is 32.5. The number of likely N-dealkylation sites (tertiary alicyclic amines) is 1. The summed E-state index contributed by atoms with van der Waals surface area (Å²) in [7, 11) is 0. The Morgan fingerprint density at radius 3 is 2.45 bits per heavy atom. The SMILES string of the molecule is CC1CCCC(C)N1CCNC(=O)[C@H]1NCCO[C@@H]1C.Cl.Cl. The predicted molar refractivity (Wildman–Crippen MR) is 94.2 cm³/mol. The molecule has 0 aromatic rings. The van der Waals surface area contributed by atoms with E-state index >= 15 is 0 Å². The predicted octanol–water partition coefficient (Wildman–Crippen LogP) is 1.59. The Morgan fingerprint density at radius 2 is 1.86 bits per heavy atom. The van der Waals surface area contributed by atoms with Crippen LogP contribution in [-0.2, 0) is 9.53 Å². The molecule has 1 amide bonds. The highest BCUT2D eigenvalue weighted by Crippen LogP contribution is 2.21. The second-order valence-corrected chi connectivity index (χ2v) is 6.17. The number of amides is 1. The third kappa shape index (κ3) is 5.85. The van der Waals surface area contributed by atoms with Gasteiger partial charge in [-0.2, -0.15) is 0 Å². The molecule has 2 aliphatic rings. The van der Waals surface area contributed by atoms with Gasteiger partial charge in [-0.15, -0.1) is 24.8 Å². The smallest absolute Gasteiger partial charge is 0.239 e. The Kier molecular flexibility index (Phi) is 10.6. The van der Waals surface area contributed by atoms with E-state index in [1.807, 2.05) is 6.92 Å². The van der Waals surface area contributed by atoms with Gasteiger partial charge in [-0.1, -0.05) is 6.42 Å². The number of morpholine rings is 1. The number of hydrogen-bond donors (Lipinski definition) is 2. The number of ether oxygens (including phenoxy) is 1. The Balaban J connectivity index is 0.00000220. The van der Waals surface area contributed by atoms with Gasteiger partial charge in [0.25, 0.3) is 0 Å². The van der Waals surface area contributed by atoms with Crippen molar-refractivity contribution < 1.29 is 9.53 Å². The number of halogens is 2. The number of rotatable bonds is 4. The zero-order chi connectivity index (χ0) is 14.5. The van der Waals surface area contributed by atoms with Crippen molar-refractivity contribution in [3.63, 3.8) is 0 Å². The molecule has 0 saturated carbocycles. The average Bonchev–Trinajstić information content (AvgIpc) is 2.42. The molecule has 0 bridgehead atoms. The zero-order valence-electron chi connectivity index (χ0n) is 13.8. The highest BCUT2D eigenvalue weighted by atomic mass is 35.5. The molecule has 132 valence electrons. The first kappa shape index (κ1) is 21.9. The largest absolute Gasteiger partial charge is 0.375 e. The molecule has 2 heterocycles. The van der Waals surface area contributed by atoms with E-state index in [2.05, 4.69) is 29.4 Å². The highest BCUT2D eigenvalue weighted by molar-refractivity contribution is 5.85. The fraction of sp³-hybridized carbons (Fsp3) is 0.933. The van der Waals surface area contributed by atoms with Crippen LogP contribution in [0.4, 0.5) is 0 Å². The van der Waals surface area contributed by atoms with Crippen LogP contribution >= 0.6 is 24.8 Å². The van der Waals surface area contributed by atoms with Crippen LogP contribution in [0, 0.1) is 0 Å². The van der Waals surface area contributed by atoms with Crippen LogP contribution < -0.4 is 10.6 Å². The van der Waals surface area contributed by atoms with Gasteiger partial charge in [0.2, 0.25) is 5.91 Å². The fourth-order valence-electron chi connectivity index (χ4n) is 3.36. The molecule has 7 heteroatoms. The van der Waals surface area contributed by atoms with Crippen molar-refractivity contribution in [1.82, 2.24) is 15.5 Å². The summed E-state index contributed by atoms with van der Waals surface area (Å²) in [5.74, 6) is 0.0644. The molecule has 0 aromatic heterocycles. The number of carbonyl (C=O) groups excluding carboxylic acids is 1. The molecule has 0 radical (unpaired) electrons. The van der Waals surface area contributed by atoms with E-state index in [0.717, 1.165) is 19.6 Å². The molecular weight excluding hydrogens is 325 g/mol. The second kappa shape index (κ2) is 10.7. The summed E-state index contributed by atoms with van der Waals surface area (Å²) in [6.45, 7) is 9.63. The number of nitrogens with zero attached hydrogens (tertiary/aromatic N) is 1. The monoisotopic (exact) mass is 355 g/mol. The lowest BCUT2D eigenvalue weighted by atomic mass is 9.98. The van der Waals surface area contributed by atoms with E-state index in [1.54, 1.807) is 0 Å². The molecule has 0 aromatic carbocycles. The van der Waals surface area contributed by atoms with Gasteiger partial charge in [-0.3, -0.25) is 9.69 Å². The van der Waals surface area contributed by atoms with Crippen LogP contribution in [0.15, 0.2) is 0 Å². The average molecular weight is 356 g/mol. The van der Waals surface area contributed by atoms with Crippen molar-refractivity contribution in [2.45, 2.75) is 64.3 Å². The Labute approximate surface area is 146 Å². The fourth-order valence-corrected chi connectivity index (χ4v) is 3.36. The summed E-state index contributed by atoms with van der Waals surface area (Å²) < 4.78 is 5.51. The molecule has 4 atom stereocenters. The topological polar surface area (TPSA) is 53.6 Å². The van der Waals surface area contributed by atoms with Gasteiger partial charge in [0.05, 0.1) is 12.7 Å². The second-order valence-electron chi connectivity index (χ2n) is 6.17. The minimum absolute atomic E-state index is 0. The van der Waals surface area contributed by atoms with Crippen molar-refractivity contribution in [3.8, 4) is 0 Å². The lowest BCUT2D eigenvalue weighted by Crippen LogP contribution is -2.56. The highest BCUT2D eigenvalue weighted by Gasteiger charge is 2.28. The van der Waals surface area contributed by atoms with E-state index in [4.69, 9.17) is 4.74 Å². The quantitative estimate of drug-likeness (QED) is 0.803. The number of piperidine rings is 1. The van der Waals surface area contributed by atoms with E-state index in [-0.39, 0.29) is 42.9 Å². The van der Waals surface area contributed by atoms with Crippen LogP contribution in [0.1, 0.15) is 40.0 Å². The summed E-state index contributed by atoms with van der Waals surface area (Å²) in [6, 6.07) is 1.05. The van der Waals surface area contributed by atoms with Gasteiger partial charge in [0, 0.05) is 31.7 Å². The molecule has 2 fully saturated rings. The lowest BCUT2D eigenvalue weighted by Gasteiger charge is -2.39. The lowest BCUT2D eigenvalue weighted by molar-refractivity contribution is -0.129. The Bertz CT molecular complexity index is 324. The molecule has 5 nitrogen and oxygen atoms in total. The van der Waals surface area contributed by atoms with E-state index in [1.165, 1.54) is 19.3 Å². The van der Waals surface area contributed by atoms with Gasteiger partial charge in [0.1, 0.15) is 6.04 Å². The zero-order valence-corrected chi connectivity index (χ0v) is 15.5. The standard InChI is InChI=1S/C15H29N3O2.2ClH/c1-11-5-4-6-12(2)18(11)9-7-17-15(19)14-13(3)20-10-8-16-14;;/h11-14,16H,4-10H2,1-3H3,(H,17,19);2*1H/t11?,12?,13-,14+;;/m1../s1. The molecule has 2 unspecified atom stereocenters. The number of carbonyl (C=O) groups is 1. The molecule has 22 heavy (non-hydrogen) atoms. The summed E-state index contributed by atoms with van der Waals surface area (Å²) >= 11 is 0. The Hall–Kier alpha value is -0.0700. The molecule has 2 N–H and O–H groups in total. The summed E-state index contributed by atoms with van der Waals surface area (Å²) in [6.07, 6.45) is 3.82.